The van der Waals surface area contributed by atoms with Crippen LogP contribution in [0.3, 0.4) is 0 Å². The number of piperidine rings is 1. The van der Waals surface area contributed by atoms with Crippen molar-refractivity contribution in [3.8, 4) is 5.75 Å². The van der Waals surface area contributed by atoms with Crippen LogP contribution in [0, 0.1) is 5.82 Å². The lowest BCUT2D eigenvalue weighted by Gasteiger charge is -2.26. The molecule has 24 heavy (non-hydrogen) atoms. The fourth-order valence-electron chi connectivity index (χ4n) is 2.15. The second-order valence-corrected chi connectivity index (χ2v) is 5.15. The molecule has 0 aromatic heterocycles. The van der Waals surface area contributed by atoms with Gasteiger partial charge in [0.15, 0.2) is 6.61 Å². The van der Waals surface area contributed by atoms with E-state index in [-0.39, 0.29) is 18.4 Å². The molecule has 1 aliphatic heterocycles. The third-order valence-corrected chi connectivity index (χ3v) is 3.37. The number of halogens is 1. The Kier molecular flexibility index (Phi) is 6.53. The summed E-state index contributed by atoms with van der Waals surface area (Å²) in [5.74, 6) is -0.582. The zero-order chi connectivity index (χ0) is 17.4. The number of nitrogens with one attached hydrogen (secondary N) is 1. The zero-order valence-corrected chi connectivity index (χ0v) is 13.5. The second kappa shape index (κ2) is 8.85. The van der Waals surface area contributed by atoms with Crippen molar-refractivity contribution in [3.63, 3.8) is 0 Å². The van der Waals surface area contributed by atoms with Crippen molar-refractivity contribution < 1.29 is 23.5 Å². The standard InChI is InChI=1S/C16H20FN3O4/c1-2-23-16(22)20-8-6-13(7-9-20)18-19-15(21)11-24-14-5-3-4-12(17)10-14/h3-5,10H,2,6-9,11H2,1H3,(H,19,21). The highest BCUT2D eigenvalue weighted by Crippen LogP contribution is 2.11. The van der Waals surface area contributed by atoms with Crippen molar-refractivity contribution in [1.82, 2.24) is 10.3 Å². The third kappa shape index (κ3) is 5.53. The van der Waals surface area contributed by atoms with E-state index in [1.165, 1.54) is 18.2 Å². The van der Waals surface area contributed by atoms with Gasteiger partial charge in [0.1, 0.15) is 11.6 Å². The second-order valence-electron chi connectivity index (χ2n) is 5.15. The van der Waals surface area contributed by atoms with Crippen molar-refractivity contribution in [2.45, 2.75) is 19.8 Å². The van der Waals surface area contributed by atoms with Gasteiger partial charge in [0.25, 0.3) is 5.91 Å². The minimum atomic E-state index is -0.431. The Morgan fingerprint density at radius 2 is 2.08 bits per heavy atom. The number of nitrogens with zero attached hydrogens (tertiary/aromatic N) is 2. The third-order valence-electron chi connectivity index (χ3n) is 3.37. The van der Waals surface area contributed by atoms with Gasteiger partial charge in [-0.25, -0.2) is 14.6 Å². The number of likely N-dealkylation sites (tertiary alicyclic amines) is 1. The summed E-state index contributed by atoms with van der Waals surface area (Å²) in [6.07, 6.45) is 0.817. The monoisotopic (exact) mass is 337 g/mol. The number of rotatable bonds is 5. The number of benzene rings is 1. The van der Waals surface area contributed by atoms with Crippen LogP contribution < -0.4 is 10.2 Å². The first-order valence-corrected chi connectivity index (χ1v) is 7.73. The molecule has 0 unspecified atom stereocenters. The molecule has 1 heterocycles. The van der Waals surface area contributed by atoms with Crippen LogP contribution >= 0.6 is 0 Å². The average Bonchev–Trinajstić information content (AvgIpc) is 2.59. The molecular formula is C16H20FN3O4. The number of amides is 2. The topological polar surface area (TPSA) is 80.2 Å². The Morgan fingerprint density at radius 1 is 1.33 bits per heavy atom. The van der Waals surface area contributed by atoms with E-state index in [4.69, 9.17) is 9.47 Å². The number of hydrazone groups is 1. The lowest BCUT2D eigenvalue weighted by atomic mass is 10.1. The fraction of sp³-hybridized carbons (Fsp3) is 0.438. The van der Waals surface area contributed by atoms with E-state index in [0.717, 1.165) is 5.71 Å². The summed E-state index contributed by atoms with van der Waals surface area (Å²) in [6, 6.07) is 5.55. The van der Waals surface area contributed by atoms with Gasteiger partial charge in [-0.2, -0.15) is 5.10 Å². The summed E-state index contributed by atoms with van der Waals surface area (Å²) in [7, 11) is 0. The predicted molar refractivity (Wildman–Crippen MR) is 85.3 cm³/mol. The van der Waals surface area contributed by atoms with Gasteiger partial charge in [-0.1, -0.05) is 6.07 Å². The number of hydrogen-bond donors (Lipinski definition) is 1. The molecule has 0 aliphatic carbocycles. The van der Waals surface area contributed by atoms with E-state index in [9.17, 15) is 14.0 Å². The maximum absolute atomic E-state index is 13.0. The van der Waals surface area contributed by atoms with Gasteiger partial charge in [-0.05, 0) is 19.1 Å². The van der Waals surface area contributed by atoms with Gasteiger partial charge in [0, 0.05) is 37.7 Å². The lowest BCUT2D eigenvalue weighted by molar-refractivity contribution is -0.123. The van der Waals surface area contributed by atoms with E-state index in [0.29, 0.717) is 32.5 Å². The molecule has 1 aromatic carbocycles. The van der Waals surface area contributed by atoms with Gasteiger partial charge < -0.3 is 14.4 Å². The summed E-state index contributed by atoms with van der Waals surface area (Å²) in [4.78, 5) is 24.9. The Labute approximate surface area is 139 Å². The molecule has 1 fully saturated rings. The van der Waals surface area contributed by atoms with E-state index < -0.39 is 11.7 Å². The van der Waals surface area contributed by atoms with Crippen molar-refractivity contribution >= 4 is 17.7 Å². The maximum Gasteiger partial charge on any atom is 0.409 e. The number of ether oxygens (including phenoxy) is 2. The minimum absolute atomic E-state index is 0.255. The molecule has 1 aromatic rings. The van der Waals surface area contributed by atoms with Crippen molar-refractivity contribution in [3.05, 3.63) is 30.1 Å². The number of hydrogen-bond acceptors (Lipinski definition) is 5. The summed E-state index contributed by atoms with van der Waals surface area (Å²) in [6.45, 7) is 2.86. The van der Waals surface area contributed by atoms with Crippen LogP contribution in [0.1, 0.15) is 19.8 Å². The molecule has 1 aliphatic rings. The van der Waals surface area contributed by atoms with Gasteiger partial charge in [0.2, 0.25) is 0 Å². The maximum atomic E-state index is 13.0. The first-order chi connectivity index (χ1) is 11.6. The summed E-state index contributed by atoms with van der Waals surface area (Å²) in [5, 5.41) is 4.04. The Hall–Kier alpha value is -2.64. The molecule has 2 rings (SSSR count). The predicted octanol–water partition coefficient (Wildman–Crippen LogP) is 1.93. The van der Waals surface area contributed by atoms with E-state index in [1.54, 1.807) is 17.9 Å². The summed E-state index contributed by atoms with van der Waals surface area (Å²) in [5.41, 5.74) is 3.20. The van der Waals surface area contributed by atoms with Gasteiger partial charge in [-0.15, -0.1) is 0 Å². The molecule has 0 saturated carbocycles. The van der Waals surface area contributed by atoms with Crippen LogP contribution in [-0.2, 0) is 9.53 Å². The van der Waals surface area contributed by atoms with Crippen LogP contribution in [0.15, 0.2) is 29.4 Å². The molecule has 1 N–H and O–H groups in total. The van der Waals surface area contributed by atoms with Crippen LogP contribution in [0.4, 0.5) is 9.18 Å². The van der Waals surface area contributed by atoms with Crippen LogP contribution in [0.5, 0.6) is 5.75 Å². The molecule has 1 saturated heterocycles. The summed E-state index contributed by atoms with van der Waals surface area (Å²) >= 11 is 0. The first-order valence-electron chi connectivity index (χ1n) is 7.73. The van der Waals surface area contributed by atoms with E-state index >= 15 is 0 Å². The quantitative estimate of drug-likeness (QED) is 0.833. The largest absolute Gasteiger partial charge is 0.484 e. The number of carbonyl (C=O) groups excluding carboxylic acids is 2. The number of carbonyl (C=O) groups is 2. The minimum Gasteiger partial charge on any atom is -0.484 e. The smallest absolute Gasteiger partial charge is 0.409 e. The molecule has 130 valence electrons. The van der Waals surface area contributed by atoms with Gasteiger partial charge >= 0.3 is 6.09 Å². The van der Waals surface area contributed by atoms with Crippen LogP contribution in [0.2, 0.25) is 0 Å². The normalized spacial score (nSPS) is 14.1. The lowest BCUT2D eigenvalue weighted by Crippen LogP contribution is -2.39. The molecule has 0 spiro atoms. The fourth-order valence-corrected chi connectivity index (χ4v) is 2.15. The van der Waals surface area contributed by atoms with Crippen molar-refractivity contribution in [2.24, 2.45) is 5.10 Å². The molecular weight excluding hydrogens is 317 g/mol. The zero-order valence-electron chi connectivity index (χ0n) is 13.5. The van der Waals surface area contributed by atoms with Crippen molar-refractivity contribution in [2.75, 3.05) is 26.3 Å². The molecule has 0 atom stereocenters. The Bertz CT molecular complexity index is 611. The molecule has 7 nitrogen and oxygen atoms in total. The van der Waals surface area contributed by atoms with Crippen LogP contribution in [-0.4, -0.2) is 48.9 Å². The highest BCUT2D eigenvalue weighted by atomic mass is 19.1. The first kappa shape index (κ1) is 17.7. The average molecular weight is 337 g/mol. The van der Waals surface area contributed by atoms with Crippen molar-refractivity contribution in [1.29, 1.82) is 0 Å². The van der Waals surface area contributed by atoms with E-state index in [1.807, 2.05) is 0 Å². The molecule has 8 heteroatoms. The van der Waals surface area contributed by atoms with E-state index in [2.05, 4.69) is 10.5 Å². The van der Waals surface area contributed by atoms with Gasteiger partial charge in [0.05, 0.1) is 6.61 Å². The Balaban J connectivity index is 1.71. The SMILES string of the molecule is CCOC(=O)N1CCC(=NNC(=O)COc2cccc(F)c2)CC1. The van der Waals surface area contributed by atoms with Crippen LogP contribution in [0.25, 0.3) is 0 Å². The highest BCUT2D eigenvalue weighted by molar-refractivity contribution is 5.88. The molecule has 0 radical (unpaired) electrons. The highest BCUT2D eigenvalue weighted by Gasteiger charge is 2.20. The van der Waals surface area contributed by atoms with Gasteiger partial charge in [-0.3, -0.25) is 4.79 Å². The molecule has 0 bridgehead atoms. The molecule has 2 amide bonds. The Morgan fingerprint density at radius 3 is 2.75 bits per heavy atom. The summed E-state index contributed by atoms with van der Waals surface area (Å²) < 4.78 is 23.1.